The predicted molar refractivity (Wildman–Crippen MR) is 75.9 cm³/mol. The molecule has 106 valence electrons. The number of hydrazine groups is 1. The van der Waals surface area contributed by atoms with Crippen molar-refractivity contribution in [3.05, 3.63) is 29.8 Å². The smallest absolute Gasteiger partial charge is 0.314 e. The Morgan fingerprint density at radius 2 is 1.90 bits per heavy atom. The average Bonchev–Trinajstić information content (AvgIpc) is 2.42. The van der Waals surface area contributed by atoms with E-state index in [9.17, 15) is 9.59 Å². The molecule has 0 aliphatic rings. The molecule has 0 aliphatic heterocycles. The van der Waals surface area contributed by atoms with Gasteiger partial charge in [-0.3, -0.25) is 15.0 Å². The number of nitrogens with zero attached hydrogens (tertiary/aromatic N) is 1. The SMILES string of the molecule is C#CC(=O)NN(C(=O)c1ccccc1OC)C(C)(C)C. The molecular weight excluding hydrogens is 256 g/mol. The Hall–Kier alpha value is -2.48. The molecule has 0 saturated heterocycles. The zero-order valence-electron chi connectivity index (χ0n) is 12.1. The van der Waals surface area contributed by atoms with E-state index in [0.717, 1.165) is 0 Å². The molecule has 0 saturated carbocycles. The van der Waals surface area contributed by atoms with Gasteiger partial charge < -0.3 is 4.74 Å². The summed E-state index contributed by atoms with van der Waals surface area (Å²) in [5.41, 5.74) is 2.12. The van der Waals surface area contributed by atoms with Gasteiger partial charge in [-0.1, -0.05) is 12.1 Å². The van der Waals surface area contributed by atoms with Crippen molar-refractivity contribution in [1.29, 1.82) is 0 Å². The van der Waals surface area contributed by atoms with Crippen molar-refractivity contribution >= 4 is 11.8 Å². The molecule has 1 aromatic carbocycles. The number of carbonyl (C=O) groups is 2. The number of amides is 2. The lowest BCUT2D eigenvalue weighted by atomic mass is 10.1. The second kappa shape index (κ2) is 6.11. The van der Waals surface area contributed by atoms with Crippen LogP contribution < -0.4 is 10.2 Å². The second-order valence-electron chi connectivity index (χ2n) is 5.10. The fraction of sp³-hybridized carbons (Fsp3) is 0.333. The molecule has 0 aliphatic carbocycles. The van der Waals surface area contributed by atoms with Crippen LogP contribution in [0.1, 0.15) is 31.1 Å². The van der Waals surface area contributed by atoms with E-state index in [1.165, 1.54) is 12.1 Å². The molecule has 0 spiro atoms. The van der Waals surface area contributed by atoms with Gasteiger partial charge in [0.05, 0.1) is 18.2 Å². The van der Waals surface area contributed by atoms with Crippen molar-refractivity contribution in [2.24, 2.45) is 0 Å². The number of hydrogen-bond donors (Lipinski definition) is 1. The number of para-hydroxylation sites is 1. The lowest BCUT2D eigenvalue weighted by Gasteiger charge is -2.35. The van der Waals surface area contributed by atoms with Gasteiger partial charge >= 0.3 is 5.91 Å². The maximum absolute atomic E-state index is 12.6. The van der Waals surface area contributed by atoms with E-state index in [2.05, 4.69) is 5.43 Å². The number of methoxy groups -OCH3 is 1. The maximum atomic E-state index is 12.6. The number of ether oxygens (including phenoxy) is 1. The highest BCUT2D eigenvalue weighted by atomic mass is 16.5. The van der Waals surface area contributed by atoms with E-state index in [0.29, 0.717) is 11.3 Å². The van der Waals surface area contributed by atoms with Crippen LogP contribution in [0.3, 0.4) is 0 Å². The molecule has 1 N–H and O–H groups in total. The van der Waals surface area contributed by atoms with Crippen molar-refractivity contribution < 1.29 is 14.3 Å². The first-order valence-electron chi connectivity index (χ1n) is 6.06. The zero-order valence-corrected chi connectivity index (χ0v) is 12.1. The Morgan fingerprint density at radius 3 is 2.40 bits per heavy atom. The Bertz CT molecular complexity index is 553. The lowest BCUT2D eigenvalue weighted by molar-refractivity contribution is -0.121. The highest BCUT2D eigenvalue weighted by molar-refractivity contribution is 6.00. The molecule has 0 fully saturated rings. The molecule has 1 rings (SSSR count). The topological polar surface area (TPSA) is 58.6 Å². The van der Waals surface area contributed by atoms with Crippen molar-refractivity contribution in [3.63, 3.8) is 0 Å². The zero-order chi connectivity index (χ0) is 15.3. The first-order valence-corrected chi connectivity index (χ1v) is 6.06. The van der Waals surface area contributed by atoms with E-state index in [1.807, 2.05) is 5.92 Å². The van der Waals surface area contributed by atoms with Gasteiger partial charge in [0.25, 0.3) is 5.91 Å². The minimum Gasteiger partial charge on any atom is -0.496 e. The Balaban J connectivity index is 3.18. The van der Waals surface area contributed by atoms with Crippen molar-refractivity contribution in [3.8, 4) is 18.1 Å². The minimum atomic E-state index is -0.678. The average molecular weight is 274 g/mol. The third-order valence-electron chi connectivity index (χ3n) is 2.56. The predicted octanol–water partition coefficient (Wildman–Crippen LogP) is 1.60. The van der Waals surface area contributed by atoms with E-state index >= 15 is 0 Å². The summed E-state index contributed by atoms with van der Waals surface area (Å²) in [6, 6.07) is 6.79. The van der Waals surface area contributed by atoms with Crippen LogP contribution in [0.25, 0.3) is 0 Å². The van der Waals surface area contributed by atoms with Gasteiger partial charge in [0.2, 0.25) is 0 Å². The fourth-order valence-corrected chi connectivity index (χ4v) is 1.60. The molecule has 5 nitrogen and oxygen atoms in total. The molecular formula is C15H18N2O3. The Labute approximate surface area is 118 Å². The molecule has 2 amide bonds. The van der Waals surface area contributed by atoms with E-state index in [-0.39, 0.29) is 0 Å². The monoisotopic (exact) mass is 274 g/mol. The molecule has 0 heterocycles. The van der Waals surface area contributed by atoms with Gasteiger partial charge in [0, 0.05) is 0 Å². The first-order chi connectivity index (χ1) is 9.31. The normalized spacial score (nSPS) is 10.3. The van der Waals surface area contributed by atoms with Crippen LogP contribution in [-0.4, -0.2) is 29.5 Å². The van der Waals surface area contributed by atoms with E-state index in [4.69, 9.17) is 11.2 Å². The number of carbonyl (C=O) groups excluding carboxylic acids is 2. The minimum absolute atomic E-state index is 0.349. The molecule has 1 aromatic rings. The molecule has 0 radical (unpaired) electrons. The highest BCUT2D eigenvalue weighted by Gasteiger charge is 2.30. The molecule has 0 aromatic heterocycles. The van der Waals surface area contributed by atoms with Gasteiger partial charge in [0.1, 0.15) is 5.75 Å². The largest absolute Gasteiger partial charge is 0.496 e. The van der Waals surface area contributed by atoms with Crippen LogP contribution in [-0.2, 0) is 4.79 Å². The lowest BCUT2D eigenvalue weighted by Crippen LogP contribution is -2.55. The number of terminal acetylenes is 1. The third kappa shape index (κ3) is 3.51. The van der Waals surface area contributed by atoms with Crippen LogP contribution in [0.2, 0.25) is 0 Å². The molecule has 5 heteroatoms. The third-order valence-corrected chi connectivity index (χ3v) is 2.56. The van der Waals surface area contributed by atoms with Gasteiger partial charge in [-0.05, 0) is 38.8 Å². The van der Waals surface area contributed by atoms with Crippen molar-refractivity contribution in [2.75, 3.05) is 7.11 Å². The summed E-state index contributed by atoms with van der Waals surface area (Å²) in [6.45, 7) is 5.37. The Morgan fingerprint density at radius 1 is 1.30 bits per heavy atom. The Kier molecular flexibility index (Phi) is 4.76. The number of benzene rings is 1. The summed E-state index contributed by atoms with van der Waals surface area (Å²) in [5, 5.41) is 1.20. The van der Waals surface area contributed by atoms with Gasteiger partial charge in [0.15, 0.2) is 0 Å². The maximum Gasteiger partial charge on any atom is 0.314 e. The summed E-state index contributed by atoms with van der Waals surface area (Å²) in [5.74, 6) is 1.29. The number of hydrogen-bond acceptors (Lipinski definition) is 3. The standard InChI is InChI=1S/C15H18N2O3/c1-6-13(18)16-17(15(2,3)4)14(19)11-9-7-8-10-12(11)20-5/h1,7-10H,2-5H3,(H,16,18). The van der Waals surface area contributed by atoms with Crippen LogP contribution in [0.5, 0.6) is 5.75 Å². The molecule has 20 heavy (non-hydrogen) atoms. The summed E-state index contributed by atoms with van der Waals surface area (Å²) in [4.78, 5) is 24.0. The summed E-state index contributed by atoms with van der Waals surface area (Å²) >= 11 is 0. The summed E-state index contributed by atoms with van der Waals surface area (Å²) in [7, 11) is 1.48. The quantitative estimate of drug-likeness (QED) is 0.658. The van der Waals surface area contributed by atoms with Gasteiger partial charge in [-0.2, -0.15) is 0 Å². The number of rotatable bonds is 2. The van der Waals surface area contributed by atoms with Gasteiger partial charge in [-0.15, -0.1) is 6.42 Å². The van der Waals surface area contributed by atoms with Gasteiger partial charge in [-0.25, -0.2) is 5.01 Å². The van der Waals surface area contributed by atoms with E-state index < -0.39 is 17.4 Å². The van der Waals surface area contributed by atoms with Crippen LogP contribution >= 0.6 is 0 Å². The summed E-state index contributed by atoms with van der Waals surface area (Å²) in [6.07, 6.45) is 5.03. The van der Waals surface area contributed by atoms with E-state index in [1.54, 1.807) is 45.0 Å². The van der Waals surface area contributed by atoms with Crippen molar-refractivity contribution in [1.82, 2.24) is 10.4 Å². The fourth-order valence-electron chi connectivity index (χ4n) is 1.60. The highest BCUT2D eigenvalue weighted by Crippen LogP contribution is 2.22. The second-order valence-corrected chi connectivity index (χ2v) is 5.10. The van der Waals surface area contributed by atoms with Crippen LogP contribution in [0.15, 0.2) is 24.3 Å². The summed E-state index contributed by atoms with van der Waals surface area (Å²) < 4.78 is 5.16. The molecule has 0 unspecified atom stereocenters. The number of nitrogens with one attached hydrogen (secondary N) is 1. The van der Waals surface area contributed by atoms with Crippen LogP contribution in [0, 0.1) is 12.3 Å². The van der Waals surface area contributed by atoms with Crippen molar-refractivity contribution in [2.45, 2.75) is 26.3 Å². The molecule has 0 atom stereocenters. The van der Waals surface area contributed by atoms with Crippen LogP contribution in [0.4, 0.5) is 0 Å². The molecule has 0 bridgehead atoms. The first kappa shape index (κ1) is 15.6.